The van der Waals surface area contributed by atoms with Gasteiger partial charge in [-0.1, -0.05) is 36.4 Å². The SMILES string of the molecule is C[C@H]1CN(c2cccc(N(C)C(=O)OCc3ccccc3)c2)CCN1. The third-order valence-electron chi connectivity index (χ3n) is 4.43. The largest absolute Gasteiger partial charge is 0.444 e. The lowest BCUT2D eigenvalue weighted by atomic mass is 10.2. The third-order valence-corrected chi connectivity index (χ3v) is 4.43. The first-order valence-corrected chi connectivity index (χ1v) is 8.66. The van der Waals surface area contributed by atoms with Crippen molar-refractivity contribution in [1.82, 2.24) is 5.32 Å². The highest BCUT2D eigenvalue weighted by atomic mass is 16.6. The first-order chi connectivity index (χ1) is 12.1. The standard InChI is InChI=1S/C20H25N3O2/c1-16-14-23(12-11-21-16)19-10-6-9-18(13-19)22(2)20(24)25-15-17-7-4-3-5-8-17/h3-10,13,16,21H,11-12,14-15H2,1-2H3/t16-/m0/s1. The number of amides is 1. The fraction of sp³-hybridized carbons (Fsp3) is 0.350. The van der Waals surface area contributed by atoms with E-state index in [4.69, 9.17) is 4.74 Å². The van der Waals surface area contributed by atoms with Crippen LogP contribution in [0, 0.1) is 0 Å². The van der Waals surface area contributed by atoms with Gasteiger partial charge in [-0.3, -0.25) is 4.90 Å². The van der Waals surface area contributed by atoms with Crippen LogP contribution in [0.15, 0.2) is 54.6 Å². The molecule has 1 aliphatic rings. The number of hydrogen-bond acceptors (Lipinski definition) is 4. The van der Waals surface area contributed by atoms with Crippen LogP contribution in [0.2, 0.25) is 0 Å². The minimum atomic E-state index is -0.352. The number of rotatable bonds is 4. The van der Waals surface area contributed by atoms with Crippen molar-refractivity contribution in [1.29, 1.82) is 0 Å². The van der Waals surface area contributed by atoms with E-state index in [-0.39, 0.29) is 12.7 Å². The molecular weight excluding hydrogens is 314 g/mol. The molecule has 1 fully saturated rings. The summed E-state index contributed by atoms with van der Waals surface area (Å²) in [6.45, 7) is 5.37. The van der Waals surface area contributed by atoms with Gasteiger partial charge in [0.2, 0.25) is 0 Å². The summed E-state index contributed by atoms with van der Waals surface area (Å²) in [5.74, 6) is 0. The Morgan fingerprint density at radius 1 is 1.24 bits per heavy atom. The average molecular weight is 339 g/mol. The van der Waals surface area contributed by atoms with Crippen molar-refractivity contribution in [2.24, 2.45) is 0 Å². The van der Waals surface area contributed by atoms with Crippen molar-refractivity contribution < 1.29 is 9.53 Å². The van der Waals surface area contributed by atoms with Crippen molar-refractivity contribution in [2.45, 2.75) is 19.6 Å². The van der Waals surface area contributed by atoms with Gasteiger partial charge in [0, 0.05) is 44.1 Å². The molecule has 0 unspecified atom stereocenters. The molecule has 2 aromatic carbocycles. The molecule has 0 saturated carbocycles. The lowest BCUT2D eigenvalue weighted by molar-refractivity contribution is 0.148. The maximum Gasteiger partial charge on any atom is 0.414 e. The summed E-state index contributed by atoms with van der Waals surface area (Å²) in [5, 5.41) is 3.44. The van der Waals surface area contributed by atoms with Crippen molar-refractivity contribution in [3.05, 3.63) is 60.2 Å². The summed E-state index contributed by atoms with van der Waals surface area (Å²) in [5.41, 5.74) is 2.95. The molecule has 1 N–H and O–H groups in total. The van der Waals surface area contributed by atoms with E-state index in [2.05, 4.69) is 23.2 Å². The van der Waals surface area contributed by atoms with Gasteiger partial charge in [-0.15, -0.1) is 0 Å². The number of nitrogens with zero attached hydrogens (tertiary/aromatic N) is 2. The molecule has 0 radical (unpaired) electrons. The number of anilines is 2. The smallest absolute Gasteiger partial charge is 0.414 e. The highest BCUT2D eigenvalue weighted by Gasteiger charge is 2.18. The van der Waals surface area contributed by atoms with Crippen LogP contribution < -0.4 is 15.1 Å². The molecule has 0 spiro atoms. The quantitative estimate of drug-likeness (QED) is 0.929. The monoisotopic (exact) mass is 339 g/mol. The van der Waals surface area contributed by atoms with Crippen LogP contribution in [-0.2, 0) is 11.3 Å². The molecule has 2 aromatic rings. The van der Waals surface area contributed by atoms with Crippen molar-refractivity contribution in [2.75, 3.05) is 36.5 Å². The van der Waals surface area contributed by atoms with Gasteiger partial charge >= 0.3 is 6.09 Å². The van der Waals surface area contributed by atoms with Crippen LogP contribution in [0.5, 0.6) is 0 Å². The second-order valence-corrected chi connectivity index (χ2v) is 6.42. The molecule has 1 heterocycles. The van der Waals surface area contributed by atoms with Gasteiger partial charge in [0.25, 0.3) is 0 Å². The van der Waals surface area contributed by atoms with E-state index in [1.54, 1.807) is 11.9 Å². The molecule has 3 rings (SSSR count). The van der Waals surface area contributed by atoms with Gasteiger partial charge in [-0.05, 0) is 30.7 Å². The van der Waals surface area contributed by atoms with E-state index >= 15 is 0 Å². The maximum absolute atomic E-state index is 12.3. The number of ether oxygens (including phenoxy) is 1. The highest BCUT2D eigenvalue weighted by Crippen LogP contribution is 2.23. The van der Waals surface area contributed by atoms with Crippen LogP contribution in [-0.4, -0.2) is 38.8 Å². The highest BCUT2D eigenvalue weighted by molar-refractivity contribution is 5.87. The van der Waals surface area contributed by atoms with Crippen LogP contribution in [0.25, 0.3) is 0 Å². The molecule has 1 amide bonds. The van der Waals surface area contributed by atoms with E-state index in [0.29, 0.717) is 6.04 Å². The minimum absolute atomic E-state index is 0.277. The number of carbonyl (C=O) groups is 1. The molecule has 5 heteroatoms. The summed E-state index contributed by atoms with van der Waals surface area (Å²) >= 11 is 0. The molecule has 132 valence electrons. The molecule has 25 heavy (non-hydrogen) atoms. The summed E-state index contributed by atoms with van der Waals surface area (Å²) in [6.07, 6.45) is -0.352. The Balaban J connectivity index is 1.64. The molecular formula is C20H25N3O2. The first-order valence-electron chi connectivity index (χ1n) is 8.66. The van der Waals surface area contributed by atoms with E-state index in [1.807, 2.05) is 48.5 Å². The Labute approximate surface area is 149 Å². The summed E-state index contributed by atoms with van der Waals surface area (Å²) in [4.78, 5) is 16.2. The van der Waals surface area contributed by atoms with Gasteiger partial charge in [-0.2, -0.15) is 0 Å². The molecule has 1 aliphatic heterocycles. The molecule has 0 aromatic heterocycles. The average Bonchev–Trinajstić information content (AvgIpc) is 2.66. The molecule has 0 bridgehead atoms. The van der Waals surface area contributed by atoms with Crippen LogP contribution in [0.3, 0.4) is 0 Å². The van der Waals surface area contributed by atoms with E-state index < -0.39 is 0 Å². The van der Waals surface area contributed by atoms with Gasteiger partial charge in [0.1, 0.15) is 6.61 Å². The molecule has 0 aliphatic carbocycles. The van der Waals surface area contributed by atoms with E-state index in [9.17, 15) is 4.79 Å². The Morgan fingerprint density at radius 2 is 2.04 bits per heavy atom. The lowest BCUT2D eigenvalue weighted by Crippen LogP contribution is -2.49. The van der Waals surface area contributed by atoms with E-state index in [0.717, 1.165) is 36.6 Å². The molecule has 1 atom stereocenters. The molecule has 5 nitrogen and oxygen atoms in total. The van der Waals surface area contributed by atoms with Gasteiger partial charge in [-0.25, -0.2) is 4.79 Å². The number of piperazine rings is 1. The van der Waals surface area contributed by atoms with E-state index in [1.165, 1.54) is 0 Å². The Morgan fingerprint density at radius 3 is 2.80 bits per heavy atom. The minimum Gasteiger partial charge on any atom is -0.444 e. The van der Waals surface area contributed by atoms with Crippen LogP contribution in [0.4, 0.5) is 16.2 Å². The predicted octanol–water partition coefficient (Wildman–Crippen LogP) is 3.26. The zero-order chi connectivity index (χ0) is 17.6. The summed E-state index contributed by atoms with van der Waals surface area (Å²) in [7, 11) is 1.74. The molecule has 1 saturated heterocycles. The fourth-order valence-corrected chi connectivity index (χ4v) is 2.99. The first kappa shape index (κ1) is 17.3. The number of benzene rings is 2. The van der Waals surface area contributed by atoms with Crippen LogP contribution in [0.1, 0.15) is 12.5 Å². The Bertz CT molecular complexity index is 705. The van der Waals surface area contributed by atoms with Gasteiger partial charge < -0.3 is 15.0 Å². The zero-order valence-corrected chi connectivity index (χ0v) is 14.8. The van der Waals surface area contributed by atoms with Gasteiger partial charge in [0.05, 0.1) is 0 Å². The van der Waals surface area contributed by atoms with Gasteiger partial charge in [0.15, 0.2) is 0 Å². The summed E-state index contributed by atoms with van der Waals surface area (Å²) in [6, 6.07) is 18.2. The van der Waals surface area contributed by atoms with Crippen LogP contribution >= 0.6 is 0 Å². The zero-order valence-electron chi connectivity index (χ0n) is 14.8. The number of carbonyl (C=O) groups excluding carboxylic acids is 1. The Kier molecular flexibility index (Phi) is 5.56. The second-order valence-electron chi connectivity index (χ2n) is 6.42. The Hall–Kier alpha value is -2.53. The lowest BCUT2D eigenvalue weighted by Gasteiger charge is -2.34. The number of hydrogen-bond donors (Lipinski definition) is 1. The third kappa shape index (κ3) is 4.51. The summed E-state index contributed by atoms with van der Waals surface area (Å²) < 4.78 is 5.41. The van der Waals surface area contributed by atoms with Crippen molar-refractivity contribution in [3.63, 3.8) is 0 Å². The van der Waals surface area contributed by atoms with Crippen molar-refractivity contribution >= 4 is 17.5 Å². The fourth-order valence-electron chi connectivity index (χ4n) is 2.99. The topological polar surface area (TPSA) is 44.8 Å². The normalized spacial score (nSPS) is 17.2. The van der Waals surface area contributed by atoms with Crippen molar-refractivity contribution in [3.8, 4) is 0 Å². The predicted molar refractivity (Wildman–Crippen MR) is 101 cm³/mol. The second kappa shape index (κ2) is 8.03. The number of nitrogens with one attached hydrogen (secondary N) is 1. The maximum atomic E-state index is 12.3.